The molecule has 2 aromatic carbocycles. The zero-order valence-corrected chi connectivity index (χ0v) is 18.2. The summed E-state index contributed by atoms with van der Waals surface area (Å²) in [5.41, 5.74) is 1.90. The number of rotatable bonds is 5. The van der Waals surface area contributed by atoms with Crippen LogP contribution in [0.4, 0.5) is 11.4 Å². The molecule has 2 aliphatic rings. The smallest absolute Gasteiger partial charge is 0.251 e. The second-order valence-electron chi connectivity index (χ2n) is 7.51. The van der Waals surface area contributed by atoms with Crippen molar-refractivity contribution < 1.29 is 17.9 Å². The SMILES string of the molecule is COc1ccc(Cl)cc1N1CC[C@H](NC(=O)c2cccc(N3CCCS3(=O)=O)c2)C1. The van der Waals surface area contributed by atoms with Crippen LogP contribution in [0.15, 0.2) is 42.5 Å². The number of carbonyl (C=O) groups excluding carboxylic acids is 1. The number of hydrogen-bond acceptors (Lipinski definition) is 5. The topological polar surface area (TPSA) is 79.0 Å². The number of sulfonamides is 1. The van der Waals surface area contributed by atoms with Crippen molar-refractivity contribution in [2.75, 3.05) is 41.7 Å². The maximum atomic E-state index is 12.8. The highest BCUT2D eigenvalue weighted by Crippen LogP contribution is 2.33. The van der Waals surface area contributed by atoms with E-state index in [9.17, 15) is 13.2 Å². The highest BCUT2D eigenvalue weighted by molar-refractivity contribution is 7.93. The largest absolute Gasteiger partial charge is 0.495 e. The second-order valence-corrected chi connectivity index (χ2v) is 9.96. The minimum absolute atomic E-state index is 0.0274. The molecule has 0 radical (unpaired) electrons. The molecule has 2 saturated heterocycles. The summed E-state index contributed by atoms with van der Waals surface area (Å²) in [6.45, 7) is 1.86. The van der Waals surface area contributed by atoms with Gasteiger partial charge in [0, 0.05) is 36.3 Å². The summed E-state index contributed by atoms with van der Waals surface area (Å²) in [6, 6.07) is 12.2. The highest BCUT2D eigenvalue weighted by atomic mass is 35.5. The van der Waals surface area contributed by atoms with Crippen LogP contribution < -0.4 is 19.3 Å². The molecule has 0 spiro atoms. The number of carbonyl (C=O) groups is 1. The first-order chi connectivity index (χ1) is 14.4. The Bertz CT molecular complexity index is 1060. The van der Waals surface area contributed by atoms with Crippen LogP contribution in [0, 0.1) is 0 Å². The molecule has 30 heavy (non-hydrogen) atoms. The number of anilines is 2. The van der Waals surface area contributed by atoms with Crippen molar-refractivity contribution >= 4 is 38.9 Å². The molecule has 2 aliphatic heterocycles. The molecular formula is C21H24ClN3O4S. The normalized spacial score (nSPS) is 20.4. The molecule has 7 nitrogen and oxygen atoms in total. The Hall–Kier alpha value is -2.45. The lowest BCUT2D eigenvalue weighted by Crippen LogP contribution is -2.37. The first kappa shape index (κ1) is 20.8. The van der Waals surface area contributed by atoms with E-state index in [0.29, 0.717) is 35.8 Å². The van der Waals surface area contributed by atoms with E-state index >= 15 is 0 Å². The van der Waals surface area contributed by atoms with Gasteiger partial charge in [-0.25, -0.2) is 8.42 Å². The Morgan fingerprint density at radius 3 is 2.77 bits per heavy atom. The number of amides is 1. The number of methoxy groups -OCH3 is 1. The van der Waals surface area contributed by atoms with Gasteiger partial charge in [-0.3, -0.25) is 9.10 Å². The predicted octanol–water partition coefficient (Wildman–Crippen LogP) is 2.90. The molecule has 0 bridgehead atoms. The second kappa shape index (κ2) is 8.35. The Labute approximate surface area is 181 Å². The third-order valence-corrected chi connectivity index (χ3v) is 7.61. The maximum absolute atomic E-state index is 12.8. The van der Waals surface area contributed by atoms with E-state index in [1.165, 1.54) is 4.31 Å². The van der Waals surface area contributed by atoms with Gasteiger partial charge in [0.05, 0.1) is 24.2 Å². The molecular weight excluding hydrogens is 426 g/mol. The monoisotopic (exact) mass is 449 g/mol. The average molecular weight is 450 g/mol. The summed E-state index contributed by atoms with van der Waals surface area (Å²) in [4.78, 5) is 14.9. The zero-order valence-electron chi connectivity index (χ0n) is 16.7. The molecule has 160 valence electrons. The van der Waals surface area contributed by atoms with Crippen molar-refractivity contribution in [3.05, 3.63) is 53.1 Å². The highest BCUT2D eigenvalue weighted by Gasteiger charge is 2.30. The van der Waals surface area contributed by atoms with E-state index in [1.807, 2.05) is 12.1 Å². The van der Waals surface area contributed by atoms with Crippen molar-refractivity contribution in [3.8, 4) is 5.75 Å². The van der Waals surface area contributed by atoms with Gasteiger partial charge in [-0.15, -0.1) is 0 Å². The first-order valence-electron chi connectivity index (χ1n) is 9.87. The van der Waals surface area contributed by atoms with Crippen LogP contribution in [-0.2, 0) is 10.0 Å². The van der Waals surface area contributed by atoms with Gasteiger partial charge < -0.3 is 15.0 Å². The summed E-state index contributed by atoms with van der Waals surface area (Å²) < 4.78 is 31.2. The summed E-state index contributed by atoms with van der Waals surface area (Å²) in [5.74, 6) is 0.679. The predicted molar refractivity (Wildman–Crippen MR) is 118 cm³/mol. The molecule has 9 heteroatoms. The van der Waals surface area contributed by atoms with Gasteiger partial charge in [0.25, 0.3) is 5.91 Å². The lowest BCUT2D eigenvalue weighted by Gasteiger charge is -2.22. The van der Waals surface area contributed by atoms with Crippen LogP contribution in [0.3, 0.4) is 0 Å². The maximum Gasteiger partial charge on any atom is 0.251 e. The van der Waals surface area contributed by atoms with Gasteiger partial charge >= 0.3 is 0 Å². The van der Waals surface area contributed by atoms with Crippen molar-refractivity contribution in [1.29, 1.82) is 0 Å². The fourth-order valence-corrected chi connectivity index (χ4v) is 5.73. The van der Waals surface area contributed by atoms with Crippen molar-refractivity contribution in [2.24, 2.45) is 0 Å². The fourth-order valence-electron chi connectivity index (χ4n) is 4.01. The average Bonchev–Trinajstić information content (AvgIpc) is 3.33. The van der Waals surface area contributed by atoms with E-state index in [2.05, 4.69) is 10.2 Å². The molecule has 1 N–H and O–H groups in total. The lowest BCUT2D eigenvalue weighted by molar-refractivity contribution is 0.0940. The van der Waals surface area contributed by atoms with Gasteiger partial charge in [-0.05, 0) is 49.2 Å². The van der Waals surface area contributed by atoms with E-state index in [4.69, 9.17) is 16.3 Å². The summed E-state index contributed by atoms with van der Waals surface area (Å²) in [7, 11) is -1.66. The lowest BCUT2D eigenvalue weighted by atomic mass is 10.1. The zero-order chi connectivity index (χ0) is 21.3. The van der Waals surface area contributed by atoms with Crippen LogP contribution in [0.25, 0.3) is 0 Å². The van der Waals surface area contributed by atoms with Crippen molar-refractivity contribution in [2.45, 2.75) is 18.9 Å². The summed E-state index contributed by atoms with van der Waals surface area (Å²) in [6.07, 6.45) is 1.39. The minimum atomic E-state index is -3.28. The van der Waals surface area contributed by atoms with Crippen LogP contribution in [0.5, 0.6) is 5.75 Å². The van der Waals surface area contributed by atoms with Gasteiger partial charge in [-0.1, -0.05) is 17.7 Å². The molecule has 1 atom stereocenters. The van der Waals surface area contributed by atoms with E-state index in [1.54, 1.807) is 37.4 Å². The fraction of sp³-hybridized carbons (Fsp3) is 0.381. The third kappa shape index (κ3) is 4.20. The molecule has 0 aromatic heterocycles. The van der Waals surface area contributed by atoms with Gasteiger partial charge in [-0.2, -0.15) is 0 Å². The van der Waals surface area contributed by atoms with Crippen LogP contribution in [0.2, 0.25) is 5.02 Å². The standard InChI is InChI=1S/C21H24ClN3O4S/c1-29-20-7-6-16(22)13-19(20)24-10-8-17(14-24)23-21(26)15-4-2-5-18(12-15)25-9-3-11-30(25,27)28/h2,4-7,12-13,17H,3,8-11,14H2,1H3,(H,23,26)/t17-/m0/s1. The number of nitrogens with zero attached hydrogens (tertiary/aromatic N) is 2. The number of nitrogens with one attached hydrogen (secondary N) is 1. The van der Waals surface area contributed by atoms with Crippen LogP contribution in [0.1, 0.15) is 23.2 Å². The molecule has 4 rings (SSSR count). The molecule has 2 aromatic rings. The molecule has 2 fully saturated rings. The van der Waals surface area contributed by atoms with Crippen LogP contribution >= 0.6 is 11.6 Å². The van der Waals surface area contributed by atoms with Gasteiger partial charge in [0.2, 0.25) is 10.0 Å². The van der Waals surface area contributed by atoms with E-state index < -0.39 is 10.0 Å². The Morgan fingerprint density at radius 2 is 2.03 bits per heavy atom. The van der Waals surface area contributed by atoms with Gasteiger partial charge in [0.1, 0.15) is 5.75 Å². The number of ether oxygens (including phenoxy) is 1. The number of halogens is 1. The Morgan fingerprint density at radius 1 is 1.20 bits per heavy atom. The minimum Gasteiger partial charge on any atom is -0.495 e. The number of benzene rings is 2. The molecule has 0 unspecified atom stereocenters. The van der Waals surface area contributed by atoms with Gasteiger partial charge in [0.15, 0.2) is 0 Å². The van der Waals surface area contributed by atoms with E-state index in [-0.39, 0.29) is 17.7 Å². The molecule has 1 amide bonds. The quantitative estimate of drug-likeness (QED) is 0.759. The number of hydrogen-bond donors (Lipinski definition) is 1. The van der Waals surface area contributed by atoms with Crippen molar-refractivity contribution in [3.63, 3.8) is 0 Å². The molecule has 2 heterocycles. The Kier molecular flexibility index (Phi) is 5.79. The molecule has 0 saturated carbocycles. The first-order valence-corrected chi connectivity index (χ1v) is 11.9. The van der Waals surface area contributed by atoms with Crippen LogP contribution in [-0.4, -0.2) is 52.9 Å². The molecule has 0 aliphatic carbocycles. The summed E-state index contributed by atoms with van der Waals surface area (Å²) >= 11 is 6.14. The third-order valence-electron chi connectivity index (χ3n) is 5.50. The van der Waals surface area contributed by atoms with E-state index in [0.717, 1.165) is 24.4 Å². The Balaban J connectivity index is 1.44. The van der Waals surface area contributed by atoms with Crippen molar-refractivity contribution in [1.82, 2.24) is 5.32 Å². The summed E-state index contributed by atoms with van der Waals surface area (Å²) in [5, 5.41) is 3.69.